The number of nitrogens with zero attached hydrogens (tertiary/aromatic N) is 2. The van der Waals surface area contributed by atoms with Gasteiger partial charge in [0.1, 0.15) is 11.6 Å². The predicted octanol–water partition coefficient (Wildman–Crippen LogP) is -0.992. The van der Waals surface area contributed by atoms with E-state index in [4.69, 9.17) is 4.74 Å². The molecule has 23 heavy (non-hydrogen) atoms. The molecule has 0 saturated carbocycles. The average molecular weight is 321 g/mol. The van der Waals surface area contributed by atoms with Crippen LogP contribution < -0.4 is 10.0 Å². The van der Waals surface area contributed by atoms with Crippen LogP contribution in [0.2, 0.25) is 0 Å². The number of amides is 1. The van der Waals surface area contributed by atoms with Gasteiger partial charge in [-0.1, -0.05) is 0 Å². The van der Waals surface area contributed by atoms with Crippen molar-refractivity contribution in [1.29, 1.82) is 0 Å². The number of carboxylic acid groups (broad SMARTS) is 1. The Kier molecular flexibility index (Phi) is 5.20. The first-order valence-electron chi connectivity index (χ1n) is 7.71. The van der Waals surface area contributed by atoms with Gasteiger partial charge in [0.15, 0.2) is 6.04 Å². The maximum atomic E-state index is 12.1. The van der Waals surface area contributed by atoms with Gasteiger partial charge < -0.3 is 19.5 Å². The van der Waals surface area contributed by atoms with Crippen molar-refractivity contribution in [3.63, 3.8) is 0 Å². The summed E-state index contributed by atoms with van der Waals surface area (Å²) in [7, 11) is 0. The summed E-state index contributed by atoms with van der Waals surface area (Å²) in [4.78, 5) is 30.0. The lowest BCUT2D eigenvalue weighted by Crippen LogP contribution is -3.16. The van der Waals surface area contributed by atoms with E-state index in [-0.39, 0.29) is 6.09 Å². The zero-order valence-corrected chi connectivity index (χ0v) is 13.7. The van der Waals surface area contributed by atoms with E-state index in [0.29, 0.717) is 31.7 Å². The number of aromatic nitrogens is 1. The summed E-state index contributed by atoms with van der Waals surface area (Å²) in [5, 5.41) is 11.5. The number of hydrogen-bond acceptors (Lipinski definition) is 5. The fourth-order valence-corrected chi connectivity index (χ4v) is 2.69. The van der Waals surface area contributed by atoms with Gasteiger partial charge in [0.2, 0.25) is 0 Å². The fraction of sp³-hybridized carbons (Fsp3) is 0.562. The van der Waals surface area contributed by atoms with Crippen molar-refractivity contribution in [3.05, 3.63) is 30.1 Å². The second-order valence-corrected chi connectivity index (χ2v) is 6.66. The number of nitrogens with one attached hydrogen (secondary N) is 1. The molecule has 1 amide bonds. The molecule has 1 aliphatic heterocycles. The van der Waals surface area contributed by atoms with Crippen molar-refractivity contribution < 1.29 is 24.3 Å². The van der Waals surface area contributed by atoms with E-state index in [1.54, 1.807) is 29.4 Å². The molecule has 0 aromatic carbocycles. The van der Waals surface area contributed by atoms with Crippen LogP contribution >= 0.6 is 0 Å². The van der Waals surface area contributed by atoms with Crippen LogP contribution in [0.5, 0.6) is 0 Å². The highest BCUT2D eigenvalue weighted by molar-refractivity contribution is 5.71. The molecule has 126 valence electrons. The molecule has 1 aromatic rings. The average Bonchev–Trinajstić information content (AvgIpc) is 2.47. The lowest BCUT2D eigenvalue weighted by molar-refractivity contribution is -0.928. The van der Waals surface area contributed by atoms with Gasteiger partial charge in [0.05, 0.1) is 26.2 Å². The summed E-state index contributed by atoms with van der Waals surface area (Å²) in [5.74, 6) is -1.11. The lowest BCUT2D eigenvalue weighted by Gasteiger charge is -2.37. The number of ether oxygens (including phenoxy) is 1. The molecular formula is C16H23N3O4. The van der Waals surface area contributed by atoms with Crippen molar-refractivity contribution in [2.24, 2.45) is 0 Å². The first-order chi connectivity index (χ1) is 10.8. The second kappa shape index (κ2) is 6.95. The van der Waals surface area contributed by atoms with Crippen LogP contribution in [0.4, 0.5) is 4.79 Å². The predicted molar refractivity (Wildman–Crippen MR) is 80.5 cm³/mol. The molecule has 1 atom stereocenters. The van der Waals surface area contributed by atoms with E-state index in [1.165, 1.54) is 0 Å². The number of quaternary nitrogens is 1. The van der Waals surface area contributed by atoms with Gasteiger partial charge in [-0.05, 0) is 32.9 Å². The Morgan fingerprint density at radius 3 is 2.30 bits per heavy atom. The minimum Gasteiger partial charge on any atom is -0.544 e. The molecule has 1 aromatic heterocycles. The monoisotopic (exact) mass is 321 g/mol. The molecule has 0 radical (unpaired) electrons. The van der Waals surface area contributed by atoms with Crippen LogP contribution in [-0.4, -0.2) is 53.7 Å². The van der Waals surface area contributed by atoms with Crippen LogP contribution in [0.3, 0.4) is 0 Å². The van der Waals surface area contributed by atoms with Gasteiger partial charge in [-0.2, -0.15) is 0 Å². The van der Waals surface area contributed by atoms with Gasteiger partial charge in [0, 0.05) is 18.0 Å². The molecule has 7 heteroatoms. The Labute approximate surface area is 135 Å². The van der Waals surface area contributed by atoms with Gasteiger partial charge >= 0.3 is 6.09 Å². The molecule has 1 N–H and O–H groups in total. The second-order valence-electron chi connectivity index (χ2n) is 6.66. The molecule has 0 aliphatic carbocycles. The van der Waals surface area contributed by atoms with Crippen LogP contribution in [0.25, 0.3) is 0 Å². The van der Waals surface area contributed by atoms with Crippen molar-refractivity contribution in [2.45, 2.75) is 32.4 Å². The lowest BCUT2D eigenvalue weighted by atomic mass is 10.1. The van der Waals surface area contributed by atoms with E-state index in [9.17, 15) is 14.7 Å². The summed E-state index contributed by atoms with van der Waals surface area (Å²) in [6, 6.07) is 2.63. The summed E-state index contributed by atoms with van der Waals surface area (Å²) in [6.45, 7) is 7.44. The minimum absolute atomic E-state index is 0.356. The van der Waals surface area contributed by atoms with E-state index in [2.05, 4.69) is 4.98 Å². The van der Waals surface area contributed by atoms with Gasteiger partial charge in [-0.25, -0.2) is 4.79 Å². The number of aliphatic carboxylic acids is 1. The highest BCUT2D eigenvalue weighted by Crippen LogP contribution is 2.11. The molecule has 1 saturated heterocycles. The largest absolute Gasteiger partial charge is 0.544 e. The van der Waals surface area contributed by atoms with Crippen LogP contribution in [0, 0.1) is 0 Å². The minimum atomic E-state index is -1.11. The Morgan fingerprint density at radius 2 is 1.83 bits per heavy atom. The number of carboxylic acids is 1. The first kappa shape index (κ1) is 17.2. The third-order valence-corrected chi connectivity index (χ3v) is 3.74. The van der Waals surface area contributed by atoms with Gasteiger partial charge in [-0.15, -0.1) is 0 Å². The molecule has 1 fully saturated rings. The normalized spacial score (nSPS) is 17.6. The third kappa shape index (κ3) is 4.66. The summed E-state index contributed by atoms with van der Waals surface area (Å²) in [5.41, 5.74) is 0.131. The number of pyridine rings is 1. The zero-order valence-electron chi connectivity index (χ0n) is 13.7. The smallest absolute Gasteiger partial charge is 0.410 e. The molecule has 7 nitrogen and oxygen atoms in total. The Hall–Kier alpha value is -2.15. The first-order valence-corrected chi connectivity index (χ1v) is 7.71. The molecule has 0 spiro atoms. The highest BCUT2D eigenvalue weighted by atomic mass is 16.6. The van der Waals surface area contributed by atoms with Crippen LogP contribution in [-0.2, 0) is 9.53 Å². The Bertz CT molecular complexity index is 548. The summed E-state index contributed by atoms with van der Waals surface area (Å²) >= 11 is 0. The number of carbonyl (C=O) groups is 2. The summed E-state index contributed by atoms with van der Waals surface area (Å²) in [6.07, 6.45) is 2.79. The quantitative estimate of drug-likeness (QED) is 0.772. The Balaban J connectivity index is 2.00. The van der Waals surface area contributed by atoms with E-state index in [1.807, 2.05) is 20.8 Å². The van der Waals surface area contributed by atoms with Crippen LogP contribution in [0.15, 0.2) is 24.5 Å². The molecule has 2 rings (SSSR count). The Morgan fingerprint density at radius 1 is 1.26 bits per heavy atom. The van der Waals surface area contributed by atoms with Crippen molar-refractivity contribution in [3.8, 4) is 0 Å². The van der Waals surface area contributed by atoms with E-state index in [0.717, 1.165) is 4.90 Å². The molecule has 1 aliphatic rings. The SMILES string of the molecule is CC(C)(C)OC(=O)N1CC[NH+]([C@H](C(=O)[O-])c2ccncc2)CC1. The maximum absolute atomic E-state index is 12.1. The number of rotatable bonds is 3. The third-order valence-electron chi connectivity index (χ3n) is 3.74. The summed E-state index contributed by atoms with van der Waals surface area (Å²) < 4.78 is 5.35. The van der Waals surface area contributed by atoms with Gasteiger partial charge in [-0.3, -0.25) is 9.88 Å². The number of carbonyl (C=O) groups excluding carboxylic acids is 2. The molecule has 0 bridgehead atoms. The van der Waals surface area contributed by atoms with Crippen LogP contribution in [0.1, 0.15) is 32.4 Å². The van der Waals surface area contributed by atoms with Crippen molar-refractivity contribution >= 4 is 12.1 Å². The standard InChI is InChI=1S/C16H23N3O4/c1-16(2,3)23-15(22)19-10-8-18(9-11-19)13(14(20)21)12-4-6-17-7-5-12/h4-7,13H,8-11H2,1-3H3,(H,20,21)/t13-/m0/s1. The number of piperazine rings is 1. The fourth-order valence-electron chi connectivity index (χ4n) is 2.69. The van der Waals surface area contributed by atoms with E-state index < -0.39 is 17.6 Å². The number of hydrogen-bond donors (Lipinski definition) is 1. The molecule has 0 unspecified atom stereocenters. The highest BCUT2D eigenvalue weighted by Gasteiger charge is 2.32. The van der Waals surface area contributed by atoms with Crippen molar-refractivity contribution in [2.75, 3.05) is 26.2 Å². The van der Waals surface area contributed by atoms with Crippen molar-refractivity contribution in [1.82, 2.24) is 9.88 Å². The van der Waals surface area contributed by atoms with Gasteiger partial charge in [0.25, 0.3) is 0 Å². The molecular weight excluding hydrogens is 298 g/mol. The maximum Gasteiger partial charge on any atom is 0.410 e. The zero-order chi connectivity index (χ0) is 17.0. The van der Waals surface area contributed by atoms with E-state index >= 15 is 0 Å². The topological polar surface area (TPSA) is 87.0 Å². The molecule has 2 heterocycles.